The summed E-state index contributed by atoms with van der Waals surface area (Å²) >= 11 is 0. The number of unbranched alkanes of at least 4 members (excludes halogenated alkanes) is 2. The standard InChI is InChI=1S/C16H28N2O3/c1-13-14(19)17-16(9-5-3-6-10-16)15(20)18(13)11-7-4-8-12-21-2/h13H,3-12H2,1-2H3,(H,17,19). The summed E-state index contributed by atoms with van der Waals surface area (Å²) in [5.41, 5.74) is -0.603. The van der Waals surface area contributed by atoms with Gasteiger partial charge in [0.05, 0.1) is 0 Å². The zero-order valence-electron chi connectivity index (χ0n) is 13.3. The van der Waals surface area contributed by atoms with Gasteiger partial charge >= 0.3 is 0 Å². The molecule has 5 heteroatoms. The Balaban J connectivity index is 1.97. The molecular weight excluding hydrogens is 268 g/mol. The number of hydrogen-bond acceptors (Lipinski definition) is 3. The maximum atomic E-state index is 12.9. The van der Waals surface area contributed by atoms with Gasteiger partial charge in [-0.05, 0) is 39.0 Å². The van der Waals surface area contributed by atoms with Crippen LogP contribution in [-0.4, -0.2) is 48.6 Å². The molecule has 5 nitrogen and oxygen atoms in total. The van der Waals surface area contributed by atoms with E-state index < -0.39 is 5.54 Å². The second kappa shape index (κ2) is 7.25. The van der Waals surface area contributed by atoms with Crippen LogP contribution in [0, 0.1) is 0 Å². The van der Waals surface area contributed by atoms with Crippen LogP contribution in [0.1, 0.15) is 58.3 Å². The van der Waals surface area contributed by atoms with Crippen LogP contribution < -0.4 is 5.32 Å². The molecule has 2 aliphatic rings. The van der Waals surface area contributed by atoms with Crippen molar-refractivity contribution in [2.75, 3.05) is 20.3 Å². The van der Waals surface area contributed by atoms with Crippen molar-refractivity contribution in [3.8, 4) is 0 Å². The number of carbonyl (C=O) groups excluding carboxylic acids is 2. The molecule has 1 atom stereocenters. The minimum atomic E-state index is -0.603. The van der Waals surface area contributed by atoms with E-state index in [0.29, 0.717) is 6.54 Å². The van der Waals surface area contributed by atoms with Crippen LogP contribution in [0.15, 0.2) is 0 Å². The second-order valence-electron chi connectivity index (χ2n) is 6.36. The molecule has 21 heavy (non-hydrogen) atoms. The third-order valence-corrected chi connectivity index (χ3v) is 4.83. The first-order valence-electron chi connectivity index (χ1n) is 8.23. The number of piperazine rings is 1. The Morgan fingerprint density at radius 1 is 1.19 bits per heavy atom. The molecule has 120 valence electrons. The van der Waals surface area contributed by atoms with E-state index >= 15 is 0 Å². The zero-order chi connectivity index (χ0) is 15.3. The number of amides is 2. The van der Waals surface area contributed by atoms with Crippen molar-refractivity contribution in [3.05, 3.63) is 0 Å². The van der Waals surface area contributed by atoms with E-state index in [-0.39, 0.29) is 17.9 Å². The number of hydrogen-bond donors (Lipinski definition) is 1. The molecule has 0 aromatic rings. The summed E-state index contributed by atoms with van der Waals surface area (Å²) in [6.07, 6.45) is 7.78. The molecule has 0 aromatic carbocycles. The molecule has 0 aromatic heterocycles. The van der Waals surface area contributed by atoms with Gasteiger partial charge in [-0.15, -0.1) is 0 Å². The van der Waals surface area contributed by atoms with Crippen LogP contribution in [0.2, 0.25) is 0 Å². The summed E-state index contributed by atoms with van der Waals surface area (Å²) in [4.78, 5) is 26.9. The Kier molecular flexibility index (Phi) is 5.62. The Morgan fingerprint density at radius 2 is 1.90 bits per heavy atom. The van der Waals surface area contributed by atoms with E-state index in [1.54, 1.807) is 12.0 Å². The molecule has 2 rings (SSSR count). The molecule has 0 bridgehead atoms. The van der Waals surface area contributed by atoms with Crippen molar-refractivity contribution in [2.45, 2.75) is 69.9 Å². The first-order valence-corrected chi connectivity index (χ1v) is 8.23. The summed E-state index contributed by atoms with van der Waals surface area (Å²) in [7, 11) is 1.70. The molecule has 1 saturated heterocycles. The Bertz CT molecular complexity index is 378. The van der Waals surface area contributed by atoms with Crippen molar-refractivity contribution in [1.29, 1.82) is 0 Å². The van der Waals surface area contributed by atoms with Crippen LogP contribution >= 0.6 is 0 Å². The molecule has 1 spiro atoms. The third-order valence-electron chi connectivity index (χ3n) is 4.83. The highest BCUT2D eigenvalue weighted by atomic mass is 16.5. The summed E-state index contributed by atoms with van der Waals surface area (Å²) < 4.78 is 5.04. The lowest BCUT2D eigenvalue weighted by atomic mass is 9.78. The topological polar surface area (TPSA) is 58.6 Å². The summed E-state index contributed by atoms with van der Waals surface area (Å²) in [6, 6.07) is -0.340. The van der Waals surface area contributed by atoms with Crippen LogP contribution in [0.4, 0.5) is 0 Å². The minimum Gasteiger partial charge on any atom is -0.385 e. The van der Waals surface area contributed by atoms with Gasteiger partial charge in [-0.2, -0.15) is 0 Å². The van der Waals surface area contributed by atoms with E-state index in [9.17, 15) is 9.59 Å². The van der Waals surface area contributed by atoms with E-state index in [0.717, 1.165) is 58.0 Å². The van der Waals surface area contributed by atoms with Gasteiger partial charge in [0, 0.05) is 20.3 Å². The first kappa shape index (κ1) is 16.3. The molecule has 1 unspecified atom stereocenters. The maximum Gasteiger partial charge on any atom is 0.248 e. The lowest BCUT2D eigenvalue weighted by Gasteiger charge is -2.47. The normalized spacial score (nSPS) is 25.2. The molecule has 1 aliphatic heterocycles. The number of carbonyl (C=O) groups is 2. The van der Waals surface area contributed by atoms with Gasteiger partial charge in [0.25, 0.3) is 0 Å². The average molecular weight is 296 g/mol. The molecule has 2 amide bonds. The smallest absolute Gasteiger partial charge is 0.248 e. The lowest BCUT2D eigenvalue weighted by molar-refractivity contribution is -0.156. The molecular formula is C16H28N2O3. The summed E-state index contributed by atoms with van der Waals surface area (Å²) in [5, 5.41) is 3.02. The maximum absolute atomic E-state index is 12.9. The SMILES string of the molecule is COCCCCCN1C(=O)C2(CCCCC2)NC(=O)C1C. The van der Waals surface area contributed by atoms with Crippen LogP contribution in [0.5, 0.6) is 0 Å². The fraction of sp³-hybridized carbons (Fsp3) is 0.875. The van der Waals surface area contributed by atoms with E-state index in [1.807, 2.05) is 6.92 Å². The van der Waals surface area contributed by atoms with Gasteiger partial charge in [-0.3, -0.25) is 9.59 Å². The van der Waals surface area contributed by atoms with Crippen molar-refractivity contribution in [2.24, 2.45) is 0 Å². The van der Waals surface area contributed by atoms with E-state index in [4.69, 9.17) is 4.74 Å². The Labute approximate surface area is 127 Å². The Hall–Kier alpha value is -1.10. The number of rotatable bonds is 6. The fourth-order valence-electron chi connectivity index (χ4n) is 3.48. The molecule has 0 radical (unpaired) electrons. The van der Waals surface area contributed by atoms with Gasteiger partial charge in [-0.25, -0.2) is 0 Å². The van der Waals surface area contributed by atoms with Gasteiger partial charge in [0.15, 0.2) is 0 Å². The summed E-state index contributed by atoms with van der Waals surface area (Å²) in [5.74, 6) is 0.148. The van der Waals surface area contributed by atoms with Gasteiger partial charge in [0.1, 0.15) is 11.6 Å². The third kappa shape index (κ3) is 3.57. The lowest BCUT2D eigenvalue weighted by Crippen LogP contribution is -2.70. The van der Waals surface area contributed by atoms with E-state index in [2.05, 4.69) is 5.32 Å². The minimum absolute atomic E-state index is 0.00777. The fourth-order valence-corrected chi connectivity index (χ4v) is 3.48. The van der Waals surface area contributed by atoms with Crippen LogP contribution in [0.3, 0.4) is 0 Å². The number of nitrogens with zero attached hydrogens (tertiary/aromatic N) is 1. The molecule has 2 fully saturated rings. The van der Waals surface area contributed by atoms with Gasteiger partial charge < -0.3 is 15.0 Å². The predicted octanol–water partition coefficient (Wildman–Crippen LogP) is 1.85. The first-order chi connectivity index (χ1) is 10.1. The number of nitrogens with one attached hydrogen (secondary N) is 1. The largest absolute Gasteiger partial charge is 0.385 e. The molecule has 1 saturated carbocycles. The monoisotopic (exact) mass is 296 g/mol. The Morgan fingerprint density at radius 3 is 2.57 bits per heavy atom. The summed E-state index contributed by atoms with van der Waals surface area (Å²) in [6.45, 7) is 3.27. The highest BCUT2D eigenvalue weighted by Crippen LogP contribution is 2.33. The predicted molar refractivity (Wildman–Crippen MR) is 80.9 cm³/mol. The quantitative estimate of drug-likeness (QED) is 0.761. The second-order valence-corrected chi connectivity index (χ2v) is 6.36. The molecule has 1 N–H and O–H groups in total. The van der Waals surface area contributed by atoms with Crippen molar-refractivity contribution in [3.63, 3.8) is 0 Å². The van der Waals surface area contributed by atoms with Gasteiger partial charge in [-0.1, -0.05) is 19.3 Å². The van der Waals surface area contributed by atoms with Crippen molar-refractivity contribution in [1.82, 2.24) is 10.2 Å². The van der Waals surface area contributed by atoms with E-state index in [1.165, 1.54) is 0 Å². The van der Waals surface area contributed by atoms with Crippen molar-refractivity contribution < 1.29 is 14.3 Å². The van der Waals surface area contributed by atoms with Crippen molar-refractivity contribution >= 4 is 11.8 Å². The molecule has 1 aliphatic carbocycles. The number of methoxy groups -OCH3 is 1. The zero-order valence-corrected chi connectivity index (χ0v) is 13.3. The van der Waals surface area contributed by atoms with Crippen LogP contribution in [0.25, 0.3) is 0 Å². The molecule has 1 heterocycles. The van der Waals surface area contributed by atoms with Crippen LogP contribution in [-0.2, 0) is 14.3 Å². The van der Waals surface area contributed by atoms with Gasteiger partial charge in [0.2, 0.25) is 11.8 Å². The number of ether oxygens (including phenoxy) is 1. The average Bonchev–Trinajstić information content (AvgIpc) is 2.49. The highest BCUT2D eigenvalue weighted by Gasteiger charge is 2.49. The highest BCUT2D eigenvalue weighted by molar-refractivity contribution is 5.99.